The Hall–Kier alpha value is -1.06. The molecule has 1 aliphatic carbocycles. The zero-order valence-corrected chi connectivity index (χ0v) is 8.51. The number of aliphatic carboxylic acids is 1. The zero-order valence-electron chi connectivity index (χ0n) is 8.51. The number of nitrogens with one attached hydrogen (secondary N) is 1. The van der Waals surface area contributed by atoms with E-state index in [2.05, 4.69) is 5.32 Å². The molecule has 80 valence electrons. The van der Waals surface area contributed by atoms with E-state index in [4.69, 9.17) is 5.11 Å². The third-order valence-electron chi connectivity index (χ3n) is 2.94. The van der Waals surface area contributed by atoms with E-state index < -0.39 is 11.4 Å². The van der Waals surface area contributed by atoms with Crippen molar-refractivity contribution in [3.63, 3.8) is 0 Å². The maximum atomic E-state index is 11.1. The van der Waals surface area contributed by atoms with Crippen LogP contribution in [0.15, 0.2) is 0 Å². The van der Waals surface area contributed by atoms with Crippen LogP contribution < -0.4 is 5.32 Å². The van der Waals surface area contributed by atoms with Gasteiger partial charge in [0.15, 0.2) is 0 Å². The van der Waals surface area contributed by atoms with Crippen LogP contribution >= 0.6 is 0 Å². The van der Waals surface area contributed by atoms with Gasteiger partial charge >= 0.3 is 5.97 Å². The Bertz CT molecular complexity index is 232. The number of hydrogen-bond donors (Lipinski definition) is 2. The fourth-order valence-corrected chi connectivity index (χ4v) is 1.99. The lowest BCUT2D eigenvalue weighted by atomic mass is 9.74. The highest BCUT2D eigenvalue weighted by molar-refractivity contribution is 5.77. The Kier molecular flexibility index (Phi) is 3.49. The molecule has 4 nitrogen and oxygen atoms in total. The van der Waals surface area contributed by atoms with Crippen LogP contribution in [0.4, 0.5) is 0 Å². The van der Waals surface area contributed by atoms with Gasteiger partial charge in [-0.25, -0.2) is 0 Å². The SMILES string of the molecule is CC(=O)NCC1(C(=O)O)CCCCC1. The van der Waals surface area contributed by atoms with Crippen molar-refractivity contribution in [3.05, 3.63) is 0 Å². The van der Waals surface area contributed by atoms with Crippen molar-refractivity contribution in [1.29, 1.82) is 0 Å². The molecule has 0 heterocycles. The topological polar surface area (TPSA) is 66.4 Å². The molecule has 1 saturated carbocycles. The largest absolute Gasteiger partial charge is 0.481 e. The molecule has 0 bridgehead atoms. The number of amides is 1. The van der Waals surface area contributed by atoms with Gasteiger partial charge in [0.1, 0.15) is 0 Å². The molecule has 1 aliphatic rings. The van der Waals surface area contributed by atoms with Gasteiger partial charge in [0, 0.05) is 13.5 Å². The summed E-state index contributed by atoms with van der Waals surface area (Å²) >= 11 is 0. The third-order valence-corrected chi connectivity index (χ3v) is 2.94. The van der Waals surface area contributed by atoms with E-state index in [-0.39, 0.29) is 12.5 Å². The number of carboxylic acids is 1. The van der Waals surface area contributed by atoms with Gasteiger partial charge in [-0.15, -0.1) is 0 Å². The van der Waals surface area contributed by atoms with E-state index >= 15 is 0 Å². The molecular formula is C10H17NO3. The Labute approximate surface area is 83.7 Å². The van der Waals surface area contributed by atoms with Crippen molar-refractivity contribution in [2.24, 2.45) is 5.41 Å². The molecule has 0 spiro atoms. The van der Waals surface area contributed by atoms with Crippen molar-refractivity contribution in [2.75, 3.05) is 6.54 Å². The highest BCUT2D eigenvalue weighted by Gasteiger charge is 2.39. The van der Waals surface area contributed by atoms with Crippen LogP contribution in [0, 0.1) is 5.41 Å². The first-order chi connectivity index (χ1) is 6.57. The second-order valence-electron chi connectivity index (χ2n) is 4.06. The number of hydrogen-bond acceptors (Lipinski definition) is 2. The van der Waals surface area contributed by atoms with Gasteiger partial charge in [0.2, 0.25) is 5.91 Å². The first-order valence-corrected chi connectivity index (χ1v) is 5.05. The molecule has 2 N–H and O–H groups in total. The Morgan fingerprint density at radius 2 is 1.86 bits per heavy atom. The first kappa shape index (κ1) is 11.0. The lowest BCUT2D eigenvalue weighted by Gasteiger charge is -2.32. The highest BCUT2D eigenvalue weighted by atomic mass is 16.4. The molecule has 1 amide bonds. The van der Waals surface area contributed by atoms with E-state index in [9.17, 15) is 9.59 Å². The normalized spacial score (nSPS) is 20.1. The molecule has 0 aromatic carbocycles. The number of carboxylic acid groups (broad SMARTS) is 1. The van der Waals surface area contributed by atoms with Gasteiger partial charge in [-0.2, -0.15) is 0 Å². The second-order valence-corrected chi connectivity index (χ2v) is 4.06. The van der Waals surface area contributed by atoms with Gasteiger partial charge in [0.05, 0.1) is 5.41 Å². The third kappa shape index (κ3) is 2.47. The summed E-state index contributed by atoms with van der Waals surface area (Å²) in [5, 5.41) is 11.8. The minimum Gasteiger partial charge on any atom is -0.481 e. The summed E-state index contributed by atoms with van der Waals surface area (Å²) in [5.74, 6) is -0.929. The predicted octanol–water partition coefficient (Wildman–Crippen LogP) is 1.16. The van der Waals surface area contributed by atoms with Gasteiger partial charge in [0.25, 0.3) is 0 Å². The molecule has 0 atom stereocenters. The monoisotopic (exact) mass is 199 g/mol. The molecule has 0 saturated heterocycles. The van der Waals surface area contributed by atoms with Crippen molar-refractivity contribution in [2.45, 2.75) is 39.0 Å². The van der Waals surface area contributed by atoms with E-state index in [1.165, 1.54) is 6.92 Å². The molecule has 1 rings (SSSR count). The molecule has 0 aliphatic heterocycles. The van der Waals surface area contributed by atoms with Crippen molar-refractivity contribution >= 4 is 11.9 Å². The Morgan fingerprint density at radius 1 is 1.29 bits per heavy atom. The van der Waals surface area contributed by atoms with Crippen LogP contribution in [-0.2, 0) is 9.59 Å². The van der Waals surface area contributed by atoms with Crippen LogP contribution in [0.2, 0.25) is 0 Å². The van der Waals surface area contributed by atoms with Crippen LogP contribution in [0.1, 0.15) is 39.0 Å². The molecule has 0 aromatic heterocycles. The predicted molar refractivity (Wildman–Crippen MR) is 51.8 cm³/mol. The van der Waals surface area contributed by atoms with Gasteiger partial charge in [-0.3, -0.25) is 9.59 Å². The fourth-order valence-electron chi connectivity index (χ4n) is 1.99. The highest BCUT2D eigenvalue weighted by Crippen LogP contribution is 2.35. The maximum absolute atomic E-state index is 11.1. The van der Waals surface area contributed by atoms with Crippen LogP contribution in [0.3, 0.4) is 0 Å². The quantitative estimate of drug-likeness (QED) is 0.716. The lowest BCUT2D eigenvalue weighted by Crippen LogP contribution is -2.43. The van der Waals surface area contributed by atoms with Gasteiger partial charge in [-0.05, 0) is 12.8 Å². The summed E-state index contributed by atoms with van der Waals surface area (Å²) in [5.41, 5.74) is -0.704. The maximum Gasteiger partial charge on any atom is 0.311 e. The standard InChI is InChI=1S/C10H17NO3/c1-8(12)11-7-10(9(13)14)5-3-2-4-6-10/h2-7H2,1H3,(H,11,12)(H,13,14). The second kappa shape index (κ2) is 4.44. The average molecular weight is 199 g/mol. The van der Waals surface area contributed by atoms with E-state index in [1.54, 1.807) is 0 Å². The van der Waals surface area contributed by atoms with Crippen LogP contribution in [0.5, 0.6) is 0 Å². The van der Waals surface area contributed by atoms with Crippen molar-refractivity contribution < 1.29 is 14.7 Å². The molecule has 0 radical (unpaired) electrons. The number of rotatable bonds is 3. The smallest absolute Gasteiger partial charge is 0.311 e. The van der Waals surface area contributed by atoms with Gasteiger partial charge < -0.3 is 10.4 Å². The number of carbonyl (C=O) groups is 2. The van der Waals surface area contributed by atoms with E-state index in [0.29, 0.717) is 12.8 Å². The molecule has 4 heteroatoms. The summed E-state index contributed by atoms with van der Waals surface area (Å²) in [7, 11) is 0. The first-order valence-electron chi connectivity index (χ1n) is 5.05. The van der Waals surface area contributed by atoms with Crippen LogP contribution in [-0.4, -0.2) is 23.5 Å². The number of carbonyl (C=O) groups excluding carboxylic acids is 1. The van der Waals surface area contributed by atoms with E-state index in [1.807, 2.05) is 0 Å². The van der Waals surface area contributed by atoms with Crippen molar-refractivity contribution in [1.82, 2.24) is 5.32 Å². The Balaban J connectivity index is 2.60. The summed E-state index contributed by atoms with van der Waals surface area (Å²) < 4.78 is 0. The average Bonchev–Trinajstić information content (AvgIpc) is 2.16. The lowest BCUT2D eigenvalue weighted by molar-refractivity contribution is -0.151. The summed E-state index contributed by atoms with van der Waals surface area (Å²) in [6.45, 7) is 1.69. The molecule has 1 fully saturated rings. The fraction of sp³-hybridized carbons (Fsp3) is 0.800. The van der Waals surface area contributed by atoms with E-state index in [0.717, 1.165) is 19.3 Å². The molecule has 14 heavy (non-hydrogen) atoms. The Morgan fingerprint density at radius 3 is 2.29 bits per heavy atom. The zero-order chi connectivity index (χ0) is 10.6. The van der Waals surface area contributed by atoms with Crippen molar-refractivity contribution in [3.8, 4) is 0 Å². The molecular weight excluding hydrogens is 182 g/mol. The summed E-state index contributed by atoms with van der Waals surface area (Å²) in [4.78, 5) is 21.9. The van der Waals surface area contributed by atoms with Crippen LogP contribution in [0.25, 0.3) is 0 Å². The molecule has 0 unspecified atom stereocenters. The minimum atomic E-state index is -0.772. The molecule has 0 aromatic rings. The minimum absolute atomic E-state index is 0.156. The summed E-state index contributed by atoms with van der Waals surface area (Å²) in [6, 6.07) is 0. The summed E-state index contributed by atoms with van der Waals surface area (Å²) in [6.07, 6.45) is 4.37. The van der Waals surface area contributed by atoms with Gasteiger partial charge in [-0.1, -0.05) is 19.3 Å².